The van der Waals surface area contributed by atoms with Gasteiger partial charge in [0.05, 0.1) is 11.3 Å². The number of nitrogens with one attached hydrogen (secondary N) is 1. The molecule has 0 spiro atoms. The van der Waals surface area contributed by atoms with Crippen LogP contribution in [0.2, 0.25) is 0 Å². The van der Waals surface area contributed by atoms with E-state index in [1.54, 1.807) is 47.6 Å². The standard InChI is InChI=1S/C16H12FN3O/c17-12-3-4-15(20-9-1-2-10-20)14(11-12)16(21)19-13-5-7-18-8-6-13/h1-11H,(H,18,19,21). The third kappa shape index (κ3) is 2.81. The molecule has 1 aromatic carbocycles. The van der Waals surface area contributed by atoms with E-state index in [2.05, 4.69) is 10.3 Å². The van der Waals surface area contributed by atoms with Crippen molar-refractivity contribution in [2.24, 2.45) is 0 Å². The van der Waals surface area contributed by atoms with Crippen LogP contribution in [0.1, 0.15) is 10.4 Å². The van der Waals surface area contributed by atoms with E-state index < -0.39 is 5.82 Å². The minimum absolute atomic E-state index is 0.267. The maximum Gasteiger partial charge on any atom is 0.257 e. The predicted octanol–water partition coefficient (Wildman–Crippen LogP) is 3.26. The zero-order valence-corrected chi connectivity index (χ0v) is 11.0. The number of benzene rings is 1. The largest absolute Gasteiger partial charge is 0.323 e. The lowest BCUT2D eigenvalue weighted by atomic mass is 10.1. The summed E-state index contributed by atoms with van der Waals surface area (Å²) in [4.78, 5) is 16.3. The molecule has 0 fully saturated rings. The van der Waals surface area contributed by atoms with E-state index in [0.717, 1.165) is 0 Å². The van der Waals surface area contributed by atoms with Gasteiger partial charge in [0.2, 0.25) is 0 Å². The van der Waals surface area contributed by atoms with Gasteiger partial charge in [-0.25, -0.2) is 4.39 Å². The van der Waals surface area contributed by atoms with Crippen molar-refractivity contribution in [3.63, 3.8) is 0 Å². The van der Waals surface area contributed by atoms with Crippen LogP contribution in [-0.2, 0) is 0 Å². The van der Waals surface area contributed by atoms with Crippen LogP contribution < -0.4 is 5.32 Å². The van der Waals surface area contributed by atoms with Crippen LogP contribution in [0, 0.1) is 5.82 Å². The summed E-state index contributed by atoms with van der Waals surface area (Å²) >= 11 is 0. The fourth-order valence-corrected chi connectivity index (χ4v) is 2.04. The first-order chi connectivity index (χ1) is 10.2. The summed E-state index contributed by atoms with van der Waals surface area (Å²) in [6.07, 6.45) is 6.76. The molecule has 2 aromatic heterocycles. The Kier molecular flexibility index (Phi) is 3.47. The highest BCUT2D eigenvalue weighted by molar-refractivity contribution is 6.06. The van der Waals surface area contributed by atoms with Crippen molar-refractivity contribution < 1.29 is 9.18 Å². The highest BCUT2D eigenvalue weighted by Crippen LogP contribution is 2.18. The number of nitrogens with zero attached hydrogens (tertiary/aromatic N) is 2. The number of amides is 1. The van der Waals surface area contributed by atoms with Gasteiger partial charge in [-0.2, -0.15) is 0 Å². The molecular weight excluding hydrogens is 269 g/mol. The van der Waals surface area contributed by atoms with E-state index >= 15 is 0 Å². The molecule has 1 amide bonds. The lowest BCUT2D eigenvalue weighted by Crippen LogP contribution is -2.15. The van der Waals surface area contributed by atoms with Crippen molar-refractivity contribution in [1.82, 2.24) is 9.55 Å². The number of halogens is 1. The number of pyridine rings is 1. The first kappa shape index (κ1) is 13.1. The maximum absolute atomic E-state index is 13.5. The Hall–Kier alpha value is -2.95. The molecule has 5 heteroatoms. The van der Waals surface area contributed by atoms with Crippen molar-refractivity contribution >= 4 is 11.6 Å². The highest BCUT2D eigenvalue weighted by Gasteiger charge is 2.14. The molecule has 3 rings (SSSR count). The van der Waals surface area contributed by atoms with Crippen LogP contribution in [0.5, 0.6) is 0 Å². The molecule has 1 N–H and O–H groups in total. The Labute approximate surface area is 120 Å². The monoisotopic (exact) mass is 281 g/mol. The molecule has 0 bridgehead atoms. The second-order valence-electron chi connectivity index (χ2n) is 4.44. The summed E-state index contributed by atoms with van der Waals surface area (Å²) in [5.74, 6) is -0.824. The zero-order chi connectivity index (χ0) is 14.7. The Balaban J connectivity index is 1.97. The third-order valence-electron chi connectivity index (χ3n) is 3.02. The molecule has 0 atom stereocenters. The van der Waals surface area contributed by atoms with Crippen LogP contribution in [-0.4, -0.2) is 15.5 Å². The fourth-order valence-electron chi connectivity index (χ4n) is 2.04. The number of hydrogen-bond acceptors (Lipinski definition) is 2. The molecule has 0 saturated carbocycles. The van der Waals surface area contributed by atoms with Crippen LogP contribution in [0.15, 0.2) is 67.3 Å². The van der Waals surface area contributed by atoms with Gasteiger partial charge in [0.25, 0.3) is 5.91 Å². The normalized spacial score (nSPS) is 10.3. The molecule has 104 valence electrons. The van der Waals surface area contributed by atoms with Gasteiger partial charge in [-0.3, -0.25) is 9.78 Å². The Morgan fingerprint density at radius 2 is 1.81 bits per heavy atom. The highest BCUT2D eigenvalue weighted by atomic mass is 19.1. The van der Waals surface area contributed by atoms with Crippen molar-refractivity contribution in [2.45, 2.75) is 0 Å². The molecule has 3 aromatic rings. The van der Waals surface area contributed by atoms with Gasteiger partial charge in [-0.1, -0.05) is 0 Å². The second kappa shape index (κ2) is 5.58. The summed E-state index contributed by atoms with van der Waals surface area (Å²) in [5.41, 5.74) is 1.49. The van der Waals surface area contributed by atoms with Gasteiger partial charge in [0.15, 0.2) is 0 Å². The number of aromatic nitrogens is 2. The first-order valence-electron chi connectivity index (χ1n) is 6.38. The van der Waals surface area contributed by atoms with Crippen LogP contribution in [0.3, 0.4) is 0 Å². The average Bonchev–Trinajstić information content (AvgIpc) is 3.02. The molecule has 21 heavy (non-hydrogen) atoms. The van der Waals surface area contributed by atoms with E-state index in [-0.39, 0.29) is 11.5 Å². The first-order valence-corrected chi connectivity index (χ1v) is 6.38. The number of hydrogen-bond donors (Lipinski definition) is 1. The molecule has 4 nitrogen and oxygen atoms in total. The quantitative estimate of drug-likeness (QED) is 0.801. The molecule has 0 aliphatic heterocycles. The van der Waals surface area contributed by atoms with E-state index in [1.807, 2.05) is 12.1 Å². The van der Waals surface area contributed by atoms with E-state index in [4.69, 9.17) is 0 Å². The van der Waals surface area contributed by atoms with Gasteiger partial charge in [0.1, 0.15) is 5.82 Å². The van der Waals surface area contributed by atoms with Crippen LogP contribution in [0.4, 0.5) is 10.1 Å². The predicted molar refractivity (Wildman–Crippen MR) is 77.9 cm³/mol. The summed E-state index contributed by atoms with van der Waals surface area (Å²) < 4.78 is 15.3. The van der Waals surface area contributed by atoms with Crippen LogP contribution >= 0.6 is 0 Å². The van der Waals surface area contributed by atoms with E-state index in [0.29, 0.717) is 11.4 Å². The summed E-state index contributed by atoms with van der Waals surface area (Å²) in [5, 5.41) is 2.73. The Morgan fingerprint density at radius 3 is 2.52 bits per heavy atom. The second-order valence-corrected chi connectivity index (χ2v) is 4.44. The minimum Gasteiger partial charge on any atom is -0.323 e. The zero-order valence-electron chi connectivity index (χ0n) is 11.0. The summed E-state index contributed by atoms with van der Waals surface area (Å²) in [6, 6.07) is 11.2. The van der Waals surface area contributed by atoms with E-state index in [1.165, 1.54) is 12.1 Å². The molecule has 0 radical (unpaired) electrons. The van der Waals surface area contributed by atoms with Gasteiger partial charge < -0.3 is 9.88 Å². The Morgan fingerprint density at radius 1 is 1.10 bits per heavy atom. The number of rotatable bonds is 3. The van der Waals surface area contributed by atoms with Gasteiger partial charge in [-0.15, -0.1) is 0 Å². The smallest absolute Gasteiger partial charge is 0.257 e. The lowest BCUT2D eigenvalue weighted by molar-refractivity contribution is 0.102. The van der Waals surface area contributed by atoms with Gasteiger partial charge in [-0.05, 0) is 42.5 Å². The van der Waals surface area contributed by atoms with Crippen molar-refractivity contribution in [2.75, 3.05) is 5.32 Å². The molecule has 0 saturated heterocycles. The van der Waals surface area contributed by atoms with Gasteiger partial charge in [0, 0.05) is 30.5 Å². The lowest BCUT2D eigenvalue weighted by Gasteiger charge is -2.11. The molecule has 0 unspecified atom stereocenters. The van der Waals surface area contributed by atoms with Crippen molar-refractivity contribution in [3.05, 3.63) is 78.6 Å². The summed E-state index contributed by atoms with van der Waals surface area (Å²) in [6.45, 7) is 0. The SMILES string of the molecule is O=C(Nc1ccncc1)c1cc(F)ccc1-n1cccc1. The number of anilines is 1. The third-order valence-corrected chi connectivity index (χ3v) is 3.02. The van der Waals surface area contributed by atoms with E-state index in [9.17, 15) is 9.18 Å². The topological polar surface area (TPSA) is 46.9 Å². The van der Waals surface area contributed by atoms with Crippen molar-refractivity contribution in [3.8, 4) is 5.69 Å². The molecule has 0 aliphatic rings. The number of carbonyl (C=O) groups excluding carboxylic acids is 1. The van der Waals surface area contributed by atoms with Crippen molar-refractivity contribution in [1.29, 1.82) is 0 Å². The molecular formula is C16H12FN3O. The fraction of sp³-hybridized carbons (Fsp3) is 0. The maximum atomic E-state index is 13.5. The van der Waals surface area contributed by atoms with Gasteiger partial charge >= 0.3 is 0 Å². The molecule has 2 heterocycles. The minimum atomic E-state index is -0.453. The average molecular weight is 281 g/mol. The molecule has 0 aliphatic carbocycles. The van der Waals surface area contributed by atoms with Crippen LogP contribution in [0.25, 0.3) is 5.69 Å². The Bertz CT molecular complexity index is 754. The number of carbonyl (C=O) groups is 1. The summed E-state index contributed by atoms with van der Waals surface area (Å²) in [7, 11) is 0.